The van der Waals surface area contributed by atoms with E-state index in [-0.39, 0.29) is 24.4 Å². The highest BCUT2D eigenvalue weighted by atomic mass is 32.1. The van der Waals surface area contributed by atoms with Crippen LogP contribution in [0.2, 0.25) is 0 Å². The fraction of sp³-hybridized carbons (Fsp3) is 0.500. The molecule has 112 valence electrons. The van der Waals surface area contributed by atoms with Gasteiger partial charge in [0.1, 0.15) is 6.04 Å². The van der Waals surface area contributed by atoms with E-state index in [1.165, 1.54) is 21.1 Å². The van der Waals surface area contributed by atoms with Crippen molar-refractivity contribution in [3.63, 3.8) is 0 Å². The van der Waals surface area contributed by atoms with Gasteiger partial charge >= 0.3 is 6.03 Å². The molecule has 2 aliphatic rings. The molecular formula is C14H17N3O3S. The zero-order chi connectivity index (χ0) is 15.1. The number of urea groups is 1. The number of rotatable bonds is 2. The maximum absolute atomic E-state index is 12.6. The molecule has 0 aromatic carbocycles. The number of fused-ring (bicyclic) bond motifs is 1. The van der Waals surface area contributed by atoms with E-state index < -0.39 is 6.04 Å². The third-order valence-electron chi connectivity index (χ3n) is 4.01. The quantitative estimate of drug-likeness (QED) is 0.829. The predicted molar refractivity (Wildman–Crippen MR) is 78.4 cm³/mol. The van der Waals surface area contributed by atoms with Gasteiger partial charge in [-0.15, -0.1) is 11.3 Å². The number of amides is 4. The van der Waals surface area contributed by atoms with Crippen molar-refractivity contribution in [2.75, 3.05) is 19.6 Å². The van der Waals surface area contributed by atoms with E-state index in [0.29, 0.717) is 18.0 Å². The second-order valence-corrected chi connectivity index (χ2v) is 6.46. The average Bonchev–Trinajstić information content (AvgIpc) is 2.99. The Hall–Kier alpha value is -1.89. The van der Waals surface area contributed by atoms with Gasteiger partial charge in [-0.25, -0.2) is 4.79 Å². The van der Waals surface area contributed by atoms with Crippen LogP contribution in [0.15, 0.2) is 6.07 Å². The van der Waals surface area contributed by atoms with E-state index in [2.05, 4.69) is 12.2 Å². The van der Waals surface area contributed by atoms with Crippen LogP contribution in [0.25, 0.3) is 0 Å². The summed E-state index contributed by atoms with van der Waals surface area (Å²) < 4.78 is 0. The van der Waals surface area contributed by atoms with Crippen molar-refractivity contribution in [3.05, 3.63) is 21.4 Å². The number of piperazine rings is 1. The van der Waals surface area contributed by atoms with Gasteiger partial charge in [-0.3, -0.25) is 14.9 Å². The summed E-state index contributed by atoms with van der Waals surface area (Å²) in [4.78, 5) is 40.9. The van der Waals surface area contributed by atoms with Crippen LogP contribution in [0.3, 0.4) is 0 Å². The molecule has 6 nitrogen and oxygen atoms in total. The Morgan fingerprint density at radius 2 is 2.19 bits per heavy atom. The Labute approximate surface area is 126 Å². The van der Waals surface area contributed by atoms with Gasteiger partial charge in [0.05, 0.1) is 11.4 Å². The smallest absolute Gasteiger partial charge is 0.324 e. The normalized spacial score (nSPS) is 21.5. The molecule has 7 heteroatoms. The summed E-state index contributed by atoms with van der Waals surface area (Å²) in [5, 5.41) is 2.29. The summed E-state index contributed by atoms with van der Waals surface area (Å²) in [7, 11) is 0. The molecule has 1 aromatic heterocycles. The molecule has 1 aromatic rings. The van der Waals surface area contributed by atoms with Gasteiger partial charge in [0, 0.05) is 18.0 Å². The number of carbonyl (C=O) groups excluding carboxylic acids is 3. The second kappa shape index (κ2) is 5.14. The molecular weight excluding hydrogens is 290 g/mol. The molecule has 0 radical (unpaired) electrons. The fourth-order valence-corrected chi connectivity index (χ4v) is 3.91. The molecule has 0 aliphatic carbocycles. The van der Waals surface area contributed by atoms with Crippen LogP contribution in [-0.2, 0) is 11.2 Å². The maximum Gasteiger partial charge on any atom is 0.324 e. The van der Waals surface area contributed by atoms with Crippen molar-refractivity contribution in [1.82, 2.24) is 15.1 Å². The van der Waals surface area contributed by atoms with E-state index in [9.17, 15) is 14.4 Å². The molecule has 3 rings (SSSR count). The Kier molecular flexibility index (Phi) is 3.44. The molecule has 2 saturated heterocycles. The highest BCUT2D eigenvalue weighted by Crippen LogP contribution is 2.25. The summed E-state index contributed by atoms with van der Waals surface area (Å²) in [5.41, 5.74) is 1.14. The highest BCUT2D eigenvalue weighted by Gasteiger charge is 2.43. The van der Waals surface area contributed by atoms with Crippen LogP contribution < -0.4 is 5.32 Å². The SMILES string of the molecule is CCc1sc(C(=O)N2CCN3C(=O)NC(=O)C3C2)cc1C. The van der Waals surface area contributed by atoms with E-state index in [0.717, 1.165) is 12.0 Å². The Morgan fingerprint density at radius 1 is 1.43 bits per heavy atom. The zero-order valence-corrected chi connectivity index (χ0v) is 12.8. The van der Waals surface area contributed by atoms with Gasteiger partial charge in [-0.05, 0) is 25.0 Å². The molecule has 0 bridgehead atoms. The number of thiophene rings is 1. The van der Waals surface area contributed by atoms with E-state index in [4.69, 9.17) is 0 Å². The molecule has 0 spiro atoms. The van der Waals surface area contributed by atoms with E-state index in [1.54, 1.807) is 4.90 Å². The molecule has 1 atom stereocenters. The van der Waals surface area contributed by atoms with Crippen molar-refractivity contribution in [1.29, 1.82) is 0 Å². The van der Waals surface area contributed by atoms with Gasteiger partial charge in [0.2, 0.25) is 0 Å². The van der Waals surface area contributed by atoms with Gasteiger partial charge in [0.25, 0.3) is 11.8 Å². The molecule has 3 heterocycles. The molecule has 0 saturated carbocycles. The van der Waals surface area contributed by atoms with Gasteiger partial charge in [-0.1, -0.05) is 6.92 Å². The van der Waals surface area contributed by atoms with Crippen LogP contribution in [0.5, 0.6) is 0 Å². The largest absolute Gasteiger partial charge is 0.334 e. The third kappa shape index (κ3) is 2.31. The summed E-state index contributed by atoms with van der Waals surface area (Å²) >= 11 is 1.52. The minimum atomic E-state index is -0.540. The molecule has 1 N–H and O–H groups in total. The van der Waals surface area contributed by atoms with Crippen LogP contribution >= 0.6 is 11.3 Å². The van der Waals surface area contributed by atoms with Gasteiger partial charge in [-0.2, -0.15) is 0 Å². The van der Waals surface area contributed by atoms with Crippen LogP contribution in [-0.4, -0.2) is 53.3 Å². The predicted octanol–water partition coefficient (Wildman–Crippen LogP) is 0.995. The van der Waals surface area contributed by atoms with Crippen molar-refractivity contribution in [2.24, 2.45) is 0 Å². The van der Waals surface area contributed by atoms with E-state index >= 15 is 0 Å². The minimum absolute atomic E-state index is 0.0467. The Bertz CT molecular complexity index is 625. The first-order valence-electron chi connectivity index (χ1n) is 7.01. The highest BCUT2D eigenvalue weighted by molar-refractivity contribution is 7.14. The van der Waals surface area contributed by atoms with Crippen LogP contribution in [0.4, 0.5) is 4.79 Å². The van der Waals surface area contributed by atoms with E-state index in [1.807, 2.05) is 13.0 Å². The number of hydrogen-bond acceptors (Lipinski definition) is 4. The lowest BCUT2D eigenvalue weighted by molar-refractivity contribution is -0.122. The monoisotopic (exact) mass is 307 g/mol. The first-order chi connectivity index (χ1) is 10.0. The zero-order valence-electron chi connectivity index (χ0n) is 12.0. The summed E-state index contributed by atoms with van der Waals surface area (Å²) in [6.45, 7) is 5.22. The van der Waals surface area contributed by atoms with Crippen LogP contribution in [0, 0.1) is 6.92 Å². The maximum atomic E-state index is 12.6. The first kappa shape index (κ1) is 14.1. The number of hydrogen-bond donors (Lipinski definition) is 1. The average molecular weight is 307 g/mol. The summed E-state index contributed by atoms with van der Waals surface area (Å²) in [6.07, 6.45) is 0.914. The minimum Gasteiger partial charge on any atom is -0.334 e. The molecule has 4 amide bonds. The van der Waals surface area contributed by atoms with Crippen LogP contribution in [0.1, 0.15) is 27.0 Å². The topological polar surface area (TPSA) is 69.7 Å². The molecule has 21 heavy (non-hydrogen) atoms. The van der Waals surface area contributed by atoms with Gasteiger partial charge < -0.3 is 9.80 Å². The number of imide groups is 1. The van der Waals surface area contributed by atoms with Crippen molar-refractivity contribution in [2.45, 2.75) is 26.3 Å². The third-order valence-corrected chi connectivity index (χ3v) is 5.38. The van der Waals surface area contributed by atoms with Crippen molar-refractivity contribution in [3.8, 4) is 0 Å². The second-order valence-electron chi connectivity index (χ2n) is 5.33. The summed E-state index contributed by atoms with van der Waals surface area (Å²) in [5.74, 6) is -0.358. The molecule has 2 aliphatic heterocycles. The number of carbonyl (C=O) groups is 3. The molecule has 2 fully saturated rings. The number of nitrogens with zero attached hydrogens (tertiary/aromatic N) is 2. The van der Waals surface area contributed by atoms with Gasteiger partial charge in [0.15, 0.2) is 0 Å². The standard InChI is InChI=1S/C14H17N3O3S/c1-3-10-8(2)6-11(21-10)13(19)16-4-5-17-9(7-16)12(18)15-14(17)20/h6,9H,3-5,7H2,1-2H3,(H,15,18,20). The first-order valence-corrected chi connectivity index (χ1v) is 7.83. The summed E-state index contributed by atoms with van der Waals surface area (Å²) in [6, 6.07) is 1.03. The number of aryl methyl sites for hydroxylation is 2. The lowest BCUT2D eigenvalue weighted by Gasteiger charge is -2.35. The lowest BCUT2D eigenvalue weighted by Crippen LogP contribution is -2.54. The Morgan fingerprint density at radius 3 is 2.86 bits per heavy atom. The van der Waals surface area contributed by atoms with Crippen molar-refractivity contribution >= 4 is 29.2 Å². The lowest BCUT2D eigenvalue weighted by atomic mass is 10.1. The van der Waals surface area contributed by atoms with Crippen molar-refractivity contribution < 1.29 is 14.4 Å². The number of nitrogens with one attached hydrogen (secondary N) is 1. The fourth-order valence-electron chi connectivity index (χ4n) is 2.83. The molecule has 1 unspecified atom stereocenters. The Balaban J connectivity index is 1.77.